The lowest BCUT2D eigenvalue weighted by Gasteiger charge is -2.11. The Morgan fingerprint density at radius 1 is 1.14 bits per heavy atom. The van der Waals surface area contributed by atoms with Gasteiger partial charge in [0.05, 0.1) is 12.8 Å². The monoisotopic (exact) mass is 310 g/mol. The van der Waals surface area contributed by atoms with Crippen molar-refractivity contribution < 1.29 is 4.74 Å². The lowest BCUT2D eigenvalue weighted by molar-refractivity contribution is 0.415. The van der Waals surface area contributed by atoms with Crippen LogP contribution in [0.2, 0.25) is 0 Å². The van der Waals surface area contributed by atoms with Crippen molar-refractivity contribution in [3.8, 4) is 17.0 Å². The number of hydrogen-bond donors (Lipinski definition) is 1. The number of aryl methyl sites for hydroxylation is 2. The van der Waals surface area contributed by atoms with Gasteiger partial charge in [-0.2, -0.15) is 0 Å². The largest absolute Gasteiger partial charge is 0.497 e. The fraction of sp³-hybridized carbons (Fsp3) is 0.278. The average Bonchev–Trinajstić information content (AvgIpc) is 2.93. The summed E-state index contributed by atoms with van der Waals surface area (Å²) in [5.74, 6) is 0.851. The van der Waals surface area contributed by atoms with E-state index < -0.39 is 0 Å². The van der Waals surface area contributed by atoms with Gasteiger partial charge in [-0.3, -0.25) is 0 Å². The van der Waals surface area contributed by atoms with Crippen LogP contribution in [0.5, 0.6) is 5.75 Å². The number of hydrogen-bond acceptors (Lipinski definition) is 4. The van der Waals surface area contributed by atoms with E-state index in [1.807, 2.05) is 41.7 Å². The highest BCUT2D eigenvalue weighted by Gasteiger charge is 2.19. The summed E-state index contributed by atoms with van der Waals surface area (Å²) in [5, 5.41) is 1.19. The van der Waals surface area contributed by atoms with E-state index in [2.05, 4.69) is 0 Å². The Labute approximate surface area is 133 Å². The number of nitrogens with two attached hydrogens (primary N) is 1. The first kappa shape index (κ1) is 13.6. The zero-order valence-corrected chi connectivity index (χ0v) is 13.4. The van der Waals surface area contributed by atoms with Gasteiger partial charge in [-0.05, 0) is 61.6 Å². The summed E-state index contributed by atoms with van der Waals surface area (Å²) in [6.45, 7) is 0. The third-order valence-electron chi connectivity index (χ3n) is 4.34. The van der Waals surface area contributed by atoms with Crippen molar-refractivity contribution in [2.45, 2.75) is 25.7 Å². The van der Waals surface area contributed by atoms with Crippen LogP contribution in [-0.2, 0) is 12.8 Å². The predicted molar refractivity (Wildman–Crippen MR) is 92.7 cm³/mol. The standard InChI is InChI=1S/C18H18N2OS/c1-21-12-8-6-11(7-9-12)15-10-14(19)17-13-4-2-3-5-16(13)22-18(17)20-15/h6-10H,2-5H2,1H3,(H2,19,20). The Balaban J connectivity index is 1.85. The fourth-order valence-corrected chi connectivity index (χ4v) is 4.49. The van der Waals surface area contributed by atoms with Gasteiger partial charge in [-0.1, -0.05) is 0 Å². The predicted octanol–water partition coefficient (Wildman–Crippen LogP) is 4.43. The molecule has 0 saturated carbocycles. The van der Waals surface area contributed by atoms with E-state index in [9.17, 15) is 0 Å². The number of ether oxygens (including phenoxy) is 1. The molecular weight excluding hydrogens is 292 g/mol. The van der Waals surface area contributed by atoms with Crippen molar-refractivity contribution in [1.82, 2.24) is 4.98 Å². The number of nitrogens with zero attached hydrogens (tertiary/aromatic N) is 1. The molecule has 4 rings (SSSR count). The molecule has 2 aromatic heterocycles. The molecule has 0 atom stereocenters. The summed E-state index contributed by atoms with van der Waals surface area (Å²) in [7, 11) is 1.67. The van der Waals surface area contributed by atoms with Crippen LogP contribution in [0.3, 0.4) is 0 Å². The van der Waals surface area contributed by atoms with Gasteiger partial charge >= 0.3 is 0 Å². The number of pyridine rings is 1. The van der Waals surface area contributed by atoms with Gasteiger partial charge in [0.2, 0.25) is 0 Å². The van der Waals surface area contributed by atoms with E-state index in [4.69, 9.17) is 15.5 Å². The molecule has 2 N–H and O–H groups in total. The first-order valence-electron chi connectivity index (χ1n) is 7.61. The molecule has 3 nitrogen and oxygen atoms in total. The lowest BCUT2D eigenvalue weighted by Crippen LogP contribution is -1.99. The SMILES string of the molecule is COc1ccc(-c2cc(N)c3c4c(sc3n2)CCCC4)cc1. The smallest absolute Gasteiger partial charge is 0.126 e. The first-order chi connectivity index (χ1) is 10.8. The van der Waals surface area contributed by atoms with Gasteiger partial charge in [0, 0.05) is 21.5 Å². The molecule has 0 amide bonds. The minimum Gasteiger partial charge on any atom is -0.497 e. The maximum atomic E-state index is 6.36. The Bertz CT molecular complexity index is 836. The highest BCUT2D eigenvalue weighted by Crippen LogP contribution is 2.39. The molecular formula is C18H18N2OS. The maximum Gasteiger partial charge on any atom is 0.126 e. The molecule has 22 heavy (non-hydrogen) atoms. The normalized spacial score (nSPS) is 14.0. The fourth-order valence-electron chi connectivity index (χ4n) is 3.20. The number of rotatable bonds is 2. The van der Waals surface area contributed by atoms with Crippen LogP contribution in [0, 0.1) is 0 Å². The van der Waals surface area contributed by atoms with Crippen molar-refractivity contribution in [3.05, 3.63) is 40.8 Å². The van der Waals surface area contributed by atoms with Gasteiger partial charge in [0.1, 0.15) is 10.6 Å². The summed E-state index contributed by atoms with van der Waals surface area (Å²) < 4.78 is 5.21. The Kier molecular flexibility index (Phi) is 3.26. The van der Waals surface area contributed by atoms with Crippen LogP contribution in [-0.4, -0.2) is 12.1 Å². The molecule has 1 aromatic carbocycles. The quantitative estimate of drug-likeness (QED) is 0.761. The van der Waals surface area contributed by atoms with Gasteiger partial charge in [-0.25, -0.2) is 4.98 Å². The van der Waals surface area contributed by atoms with Crippen LogP contribution in [0.1, 0.15) is 23.3 Å². The molecule has 112 valence electrons. The highest BCUT2D eigenvalue weighted by atomic mass is 32.1. The van der Waals surface area contributed by atoms with Gasteiger partial charge in [0.25, 0.3) is 0 Å². The van der Waals surface area contributed by atoms with E-state index in [-0.39, 0.29) is 0 Å². The summed E-state index contributed by atoms with van der Waals surface area (Å²) >= 11 is 1.81. The molecule has 0 bridgehead atoms. The second-order valence-corrected chi connectivity index (χ2v) is 6.80. The second kappa shape index (κ2) is 5.29. The first-order valence-corrected chi connectivity index (χ1v) is 8.43. The molecule has 0 unspecified atom stereocenters. The van der Waals surface area contributed by atoms with Gasteiger partial charge in [0.15, 0.2) is 0 Å². The van der Waals surface area contributed by atoms with Gasteiger partial charge in [-0.15, -0.1) is 11.3 Å². The Hall–Kier alpha value is -2.07. The number of anilines is 1. The summed E-state index contributed by atoms with van der Waals surface area (Å²) in [4.78, 5) is 7.42. The van der Waals surface area contributed by atoms with Crippen LogP contribution >= 0.6 is 11.3 Å². The second-order valence-electron chi connectivity index (χ2n) is 5.72. The van der Waals surface area contributed by atoms with E-state index in [0.717, 1.165) is 33.9 Å². The molecule has 0 radical (unpaired) electrons. The number of aromatic nitrogens is 1. The topological polar surface area (TPSA) is 48.1 Å². The number of nitrogen functional groups attached to an aromatic ring is 1. The van der Waals surface area contributed by atoms with Gasteiger partial charge < -0.3 is 10.5 Å². The Morgan fingerprint density at radius 2 is 1.91 bits per heavy atom. The van der Waals surface area contributed by atoms with E-state index >= 15 is 0 Å². The molecule has 0 spiro atoms. The molecule has 2 heterocycles. The third kappa shape index (κ3) is 2.15. The van der Waals surface area contributed by atoms with Crippen LogP contribution in [0.15, 0.2) is 30.3 Å². The van der Waals surface area contributed by atoms with E-state index in [1.54, 1.807) is 7.11 Å². The zero-order chi connectivity index (χ0) is 15.1. The number of benzene rings is 1. The minimum atomic E-state index is 0.851. The van der Waals surface area contributed by atoms with Crippen molar-refractivity contribution in [1.29, 1.82) is 0 Å². The van der Waals surface area contributed by atoms with Crippen LogP contribution in [0.4, 0.5) is 5.69 Å². The Morgan fingerprint density at radius 3 is 2.68 bits per heavy atom. The van der Waals surface area contributed by atoms with Crippen molar-refractivity contribution in [2.75, 3.05) is 12.8 Å². The van der Waals surface area contributed by atoms with Crippen LogP contribution in [0.25, 0.3) is 21.5 Å². The third-order valence-corrected chi connectivity index (χ3v) is 5.53. The molecule has 3 aromatic rings. The molecule has 0 aliphatic heterocycles. The number of thiophene rings is 1. The molecule has 4 heteroatoms. The molecule has 1 aliphatic rings. The maximum absolute atomic E-state index is 6.36. The zero-order valence-electron chi connectivity index (χ0n) is 12.6. The molecule has 1 aliphatic carbocycles. The number of methoxy groups -OCH3 is 1. The number of fused-ring (bicyclic) bond motifs is 3. The summed E-state index contributed by atoms with van der Waals surface area (Å²) in [5.41, 5.74) is 10.7. The van der Waals surface area contributed by atoms with Crippen LogP contribution < -0.4 is 10.5 Å². The average molecular weight is 310 g/mol. The van der Waals surface area contributed by atoms with E-state index in [1.165, 1.54) is 35.1 Å². The highest BCUT2D eigenvalue weighted by molar-refractivity contribution is 7.19. The molecule has 0 saturated heterocycles. The summed E-state index contributed by atoms with van der Waals surface area (Å²) in [6, 6.07) is 9.97. The van der Waals surface area contributed by atoms with E-state index in [0.29, 0.717) is 0 Å². The summed E-state index contributed by atoms with van der Waals surface area (Å²) in [6.07, 6.45) is 4.86. The van der Waals surface area contributed by atoms with Crippen molar-refractivity contribution >= 4 is 27.2 Å². The van der Waals surface area contributed by atoms with Crippen molar-refractivity contribution in [3.63, 3.8) is 0 Å². The minimum absolute atomic E-state index is 0.851. The lowest BCUT2D eigenvalue weighted by atomic mass is 9.96. The molecule has 0 fully saturated rings. The van der Waals surface area contributed by atoms with Crippen molar-refractivity contribution in [2.24, 2.45) is 0 Å².